The van der Waals surface area contributed by atoms with Crippen LogP contribution in [0.15, 0.2) is 30.3 Å². The summed E-state index contributed by atoms with van der Waals surface area (Å²) in [6.07, 6.45) is 0. The molecular weight excluding hydrogens is 320 g/mol. The van der Waals surface area contributed by atoms with Crippen LogP contribution in [0.1, 0.15) is 27.7 Å². The number of rotatable bonds is 5. The van der Waals surface area contributed by atoms with Crippen LogP contribution in [-0.4, -0.2) is 65.1 Å². The fourth-order valence-electron chi connectivity index (χ4n) is 3.03. The van der Waals surface area contributed by atoms with Crippen LogP contribution in [0.25, 0.3) is 0 Å². The number of ether oxygens (including phenoxy) is 1. The summed E-state index contributed by atoms with van der Waals surface area (Å²) in [7, 11) is 0. The third-order valence-electron chi connectivity index (χ3n) is 3.95. The van der Waals surface area contributed by atoms with Crippen LogP contribution in [0.2, 0.25) is 0 Å². The maximum Gasteiger partial charge on any atom is 0.260 e. The molecule has 6 nitrogen and oxygen atoms in total. The van der Waals surface area contributed by atoms with Crippen molar-refractivity contribution in [1.29, 1.82) is 0 Å². The van der Waals surface area contributed by atoms with Crippen molar-refractivity contribution < 1.29 is 19.4 Å². The van der Waals surface area contributed by atoms with Gasteiger partial charge >= 0.3 is 0 Å². The molecule has 1 aromatic rings. The molecule has 0 aliphatic carbocycles. The summed E-state index contributed by atoms with van der Waals surface area (Å²) in [6.45, 7) is 8.51. The van der Waals surface area contributed by atoms with Crippen molar-refractivity contribution in [3.05, 3.63) is 30.3 Å². The van der Waals surface area contributed by atoms with Crippen molar-refractivity contribution in [1.82, 2.24) is 9.80 Å². The van der Waals surface area contributed by atoms with Gasteiger partial charge in [0.25, 0.3) is 5.91 Å². The largest absolute Gasteiger partial charge is 0.484 e. The molecular formula is C19H28N2O4. The van der Waals surface area contributed by atoms with E-state index in [0.717, 1.165) is 0 Å². The average Bonchev–Trinajstić information content (AvgIpc) is 2.60. The molecule has 2 amide bonds. The summed E-state index contributed by atoms with van der Waals surface area (Å²) in [6, 6.07) is 9.13. The first-order valence-electron chi connectivity index (χ1n) is 8.52. The van der Waals surface area contributed by atoms with Crippen molar-refractivity contribution in [3.63, 3.8) is 0 Å². The van der Waals surface area contributed by atoms with Gasteiger partial charge in [0.2, 0.25) is 5.91 Å². The van der Waals surface area contributed by atoms with Crippen LogP contribution in [0.4, 0.5) is 0 Å². The zero-order valence-corrected chi connectivity index (χ0v) is 15.5. The lowest BCUT2D eigenvalue weighted by atomic mass is 9.92. The molecule has 138 valence electrons. The molecule has 0 aromatic heterocycles. The van der Waals surface area contributed by atoms with Gasteiger partial charge in [-0.2, -0.15) is 0 Å². The van der Waals surface area contributed by atoms with Crippen molar-refractivity contribution in [2.24, 2.45) is 5.41 Å². The lowest BCUT2D eigenvalue weighted by Gasteiger charge is -2.33. The SMILES string of the molecule is CC(C)(O)CN1CC(C)(C)CN(C(=O)COc2ccccc2)CC1=O. The number of para-hydroxylation sites is 1. The minimum absolute atomic E-state index is 0.0104. The standard InChI is InChI=1S/C19H28N2O4/c1-18(2)12-20(10-16(22)21(13-18)14-19(3,4)24)17(23)11-25-15-8-6-5-7-9-15/h5-9,24H,10-14H2,1-4H3. The molecule has 6 heteroatoms. The van der Waals surface area contributed by atoms with E-state index in [1.165, 1.54) is 0 Å². The van der Waals surface area contributed by atoms with Gasteiger partial charge in [-0.1, -0.05) is 32.0 Å². The van der Waals surface area contributed by atoms with E-state index in [-0.39, 0.29) is 36.9 Å². The number of amides is 2. The van der Waals surface area contributed by atoms with E-state index < -0.39 is 5.60 Å². The fourth-order valence-corrected chi connectivity index (χ4v) is 3.03. The lowest BCUT2D eigenvalue weighted by Crippen LogP contribution is -2.46. The molecule has 2 rings (SSSR count). The van der Waals surface area contributed by atoms with Gasteiger partial charge in [-0.15, -0.1) is 0 Å². The minimum atomic E-state index is -0.971. The molecule has 1 saturated heterocycles. The van der Waals surface area contributed by atoms with Gasteiger partial charge < -0.3 is 19.6 Å². The van der Waals surface area contributed by atoms with E-state index in [0.29, 0.717) is 18.8 Å². The van der Waals surface area contributed by atoms with Crippen molar-refractivity contribution >= 4 is 11.8 Å². The second-order valence-electron chi connectivity index (χ2n) is 8.08. The zero-order valence-electron chi connectivity index (χ0n) is 15.5. The van der Waals surface area contributed by atoms with E-state index in [2.05, 4.69) is 0 Å². The van der Waals surface area contributed by atoms with Crippen LogP contribution in [0.5, 0.6) is 5.75 Å². The van der Waals surface area contributed by atoms with Gasteiger partial charge in [0.1, 0.15) is 5.75 Å². The van der Waals surface area contributed by atoms with E-state index in [1.54, 1.807) is 35.8 Å². The highest BCUT2D eigenvalue weighted by molar-refractivity contribution is 5.86. The van der Waals surface area contributed by atoms with E-state index >= 15 is 0 Å². The number of β-amino-alcohol motifs (C(OH)–C–C–N with tert-alkyl or cyclic N) is 1. The van der Waals surface area contributed by atoms with E-state index in [9.17, 15) is 14.7 Å². The fraction of sp³-hybridized carbons (Fsp3) is 0.579. The normalized spacial score (nSPS) is 18.0. The Labute approximate surface area is 149 Å². The quantitative estimate of drug-likeness (QED) is 0.876. The maximum atomic E-state index is 12.5. The van der Waals surface area contributed by atoms with Crippen LogP contribution < -0.4 is 4.74 Å². The van der Waals surface area contributed by atoms with E-state index in [1.807, 2.05) is 32.0 Å². The maximum absolute atomic E-state index is 12.5. The summed E-state index contributed by atoms with van der Waals surface area (Å²) in [4.78, 5) is 28.3. The number of carbonyl (C=O) groups is 2. The lowest BCUT2D eigenvalue weighted by molar-refractivity contribution is -0.141. The number of nitrogens with zero attached hydrogens (tertiary/aromatic N) is 2. The second kappa shape index (κ2) is 7.44. The number of carbonyl (C=O) groups excluding carboxylic acids is 2. The number of aliphatic hydroxyl groups is 1. The molecule has 1 N–H and O–H groups in total. The summed E-state index contributed by atoms with van der Waals surface area (Å²) < 4.78 is 5.52. The zero-order chi connectivity index (χ0) is 18.7. The van der Waals surface area contributed by atoms with Gasteiger partial charge in [0.15, 0.2) is 6.61 Å². The summed E-state index contributed by atoms with van der Waals surface area (Å²) in [5.41, 5.74) is -1.23. The number of benzene rings is 1. The van der Waals surface area contributed by atoms with Gasteiger partial charge in [0, 0.05) is 19.6 Å². The molecule has 1 aliphatic heterocycles. The number of hydrogen-bond acceptors (Lipinski definition) is 4. The smallest absolute Gasteiger partial charge is 0.260 e. The molecule has 0 bridgehead atoms. The Hall–Kier alpha value is -2.08. The minimum Gasteiger partial charge on any atom is -0.484 e. The predicted molar refractivity (Wildman–Crippen MR) is 95.2 cm³/mol. The van der Waals surface area contributed by atoms with E-state index in [4.69, 9.17) is 4.74 Å². The Morgan fingerprint density at radius 2 is 1.88 bits per heavy atom. The second-order valence-corrected chi connectivity index (χ2v) is 8.08. The Bertz CT molecular complexity index is 608. The molecule has 0 spiro atoms. The summed E-state index contributed by atoms with van der Waals surface area (Å²) in [5.74, 6) is 0.260. The highest BCUT2D eigenvalue weighted by atomic mass is 16.5. The molecule has 0 atom stereocenters. The van der Waals surface area contributed by atoms with Crippen molar-refractivity contribution in [3.8, 4) is 5.75 Å². The van der Waals surface area contributed by atoms with Gasteiger partial charge in [0.05, 0.1) is 12.1 Å². The predicted octanol–water partition coefficient (Wildman–Crippen LogP) is 1.53. The Morgan fingerprint density at radius 3 is 2.48 bits per heavy atom. The molecule has 25 heavy (non-hydrogen) atoms. The Balaban J connectivity index is 2.03. The first-order valence-corrected chi connectivity index (χ1v) is 8.52. The molecule has 1 aliphatic rings. The van der Waals surface area contributed by atoms with Gasteiger partial charge in [-0.05, 0) is 31.4 Å². The van der Waals surface area contributed by atoms with Crippen LogP contribution in [0, 0.1) is 5.41 Å². The first kappa shape index (κ1) is 19.2. The third-order valence-corrected chi connectivity index (χ3v) is 3.95. The highest BCUT2D eigenvalue weighted by Gasteiger charge is 2.36. The van der Waals surface area contributed by atoms with Crippen molar-refractivity contribution in [2.45, 2.75) is 33.3 Å². The molecule has 1 aromatic carbocycles. The Morgan fingerprint density at radius 1 is 1.24 bits per heavy atom. The molecule has 0 saturated carbocycles. The topological polar surface area (TPSA) is 70.1 Å². The van der Waals surface area contributed by atoms with Crippen LogP contribution in [0.3, 0.4) is 0 Å². The van der Waals surface area contributed by atoms with Gasteiger partial charge in [-0.25, -0.2) is 0 Å². The molecule has 0 unspecified atom stereocenters. The van der Waals surface area contributed by atoms with Crippen LogP contribution in [-0.2, 0) is 9.59 Å². The molecule has 0 radical (unpaired) electrons. The molecule has 1 fully saturated rings. The van der Waals surface area contributed by atoms with Gasteiger partial charge in [-0.3, -0.25) is 9.59 Å². The van der Waals surface area contributed by atoms with Crippen molar-refractivity contribution in [2.75, 3.05) is 32.8 Å². The highest BCUT2D eigenvalue weighted by Crippen LogP contribution is 2.24. The Kier molecular flexibility index (Phi) is 5.72. The average molecular weight is 348 g/mol. The number of hydrogen-bond donors (Lipinski definition) is 1. The molecule has 1 heterocycles. The summed E-state index contributed by atoms with van der Waals surface area (Å²) in [5, 5.41) is 10.0. The van der Waals surface area contributed by atoms with Crippen LogP contribution >= 0.6 is 0 Å². The monoisotopic (exact) mass is 348 g/mol. The first-order chi connectivity index (χ1) is 11.6. The summed E-state index contributed by atoms with van der Waals surface area (Å²) >= 11 is 0. The third kappa shape index (κ3) is 6.05.